The van der Waals surface area contributed by atoms with Crippen molar-refractivity contribution in [2.45, 2.75) is 26.3 Å². The fourth-order valence-electron chi connectivity index (χ4n) is 1.77. The minimum atomic E-state index is 0.679. The van der Waals surface area contributed by atoms with Crippen molar-refractivity contribution in [2.75, 3.05) is 26.2 Å². The molecule has 0 spiro atoms. The molecule has 1 aliphatic rings. The predicted octanol–water partition coefficient (Wildman–Crippen LogP) is 1.49. The molecule has 1 heterocycles. The van der Waals surface area contributed by atoms with Crippen LogP contribution in [0.4, 0.5) is 0 Å². The van der Waals surface area contributed by atoms with Crippen molar-refractivity contribution in [3.05, 3.63) is 12.7 Å². The zero-order chi connectivity index (χ0) is 9.68. The third-order valence-electron chi connectivity index (χ3n) is 2.74. The largest absolute Gasteiger partial charge is 0.311 e. The Morgan fingerprint density at radius 2 is 2.38 bits per heavy atom. The van der Waals surface area contributed by atoms with Crippen LogP contribution in [0.15, 0.2) is 12.7 Å². The van der Waals surface area contributed by atoms with Crippen molar-refractivity contribution >= 4 is 0 Å². The van der Waals surface area contributed by atoms with Gasteiger partial charge < -0.3 is 10.2 Å². The van der Waals surface area contributed by atoms with Crippen LogP contribution in [0.3, 0.4) is 0 Å². The van der Waals surface area contributed by atoms with Gasteiger partial charge in [0, 0.05) is 32.2 Å². The van der Waals surface area contributed by atoms with Crippen LogP contribution in [0.25, 0.3) is 0 Å². The van der Waals surface area contributed by atoms with Gasteiger partial charge in [-0.3, -0.25) is 0 Å². The molecule has 2 heteroatoms. The summed E-state index contributed by atoms with van der Waals surface area (Å²) in [5.41, 5.74) is 0. The van der Waals surface area contributed by atoms with Gasteiger partial charge in [0.25, 0.3) is 0 Å². The molecule has 1 aliphatic heterocycles. The first kappa shape index (κ1) is 10.7. The topological polar surface area (TPSA) is 15.3 Å². The smallest absolute Gasteiger partial charge is 0.0218 e. The summed E-state index contributed by atoms with van der Waals surface area (Å²) < 4.78 is 0. The van der Waals surface area contributed by atoms with E-state index in [2.05, 4.69) is 30.6 Å². The van der Waals surface area contributed by atoms with Crippen molar-refractivity contribution in [3.63, 3.8) is 0 Å². The number of nitrogens with zero attached hydrogens (tertiary/aromatic N) is 1. The lowest BCUT2D eigenvalue weighted by atomic mass is 10.0. The van der Waals surface area contributed by atoms with Crippen LogP contribution in [0.1, 0.15) is 20.3 Å². The van der Waals surface area contributed by atoms with E-state index in [-0.39, 0.29) is 0 Å². The third-order valence-corrected chi connectivity index (χ3v) is 2.74. The average molecular weight is 182 g/mol. The quantitative estimate of drug-likeness (QED) is 0.663. The van der Waals surface area contributed by atoms with E-state index in [1.165, 1.54) is 19.6 Å². The number of rotatable bonds is 4. The van der Waals surface area contributed by atoms with Gasteiger partial charge in [0.1, 0.15) is 0 Å². The third kappa shape index (κ3) is 3.49. The molecular formula is C11H22N2. The summed E-state index contributed by atoms with van der Waals surface area (Å²) >= 11 is 0. The van der Waals surface area contributed by atoms with Crippen molar-refractivity contribution in [3.8, 4) is 0 Å². The van der Waals surface area contributed by atoms with Crippen molar-refractivity contribution in [1.82, 2.24) is 10.2 Å². The Bertz CT molecular complexity index is 154. The standard InChI is InChI=1S/C11H22N2/c1-4-5-7-13-8-6-12-11(9-13)10(2)3/h4,10-12H,1,5-9H2,2-3H3. The summed E-state index contributed by atoms with van der Waals surface area (Å²) in [6.45, 7) is 13.0. The van der Waals surface area contributed by atoms with Crippen molar-refractivity contribution in [2.24, 2.45) is 5.92 Å². The number of piperazine rings is 1. The Kier molecular flexibility index (Phi) is 4.46. The molecule has 0 aromatic heterocycles. The molecule has 1 unspecified atom stereocenters. The Hall–Kier alpha value is -0.340. The van der Waals surface area contributed by atoms with Crippen LogP contribution in [-0.2, 0) is 0 Å². The average Bonchev–Trinajstić information content (AvgIpc) is 2.15. The highest BCUT2D eigenvalue weighted by Gasteiger charge is 2.20. The van der Waals surface area contributed by atoms with Gasteiger partial charge in [-0.05, 0) is 12.3 Å². The highest BCUT2D eigenvalue weighted by Crippen LogP contribution is 2.08. The molecular weight excluding hydrogens is 160 g/mol. The van der Waals surface area contributed by atoms with Gasteiger partial charge >= 0.3 is 0 Å². The molecule has 13 heavy (non-hydrogen) atoms. The van der Waals surface area contributed by atoms with E-state index in [0.717, 1.165) is 18.9 Å². The van der Waals surface area contributed by atoms with Crippen LogP contribution in [-0.4, -0.2) is 37.1 Å². The van der Waals surface area contributed by atoms with E-state index in [1.54, 1.807) is 0 Å². The molecule has 0 saturated carbocycles. The monoisotopic (exact) mass is 182 g/mol. The van der Waals surface area contributed by atoms with Crippen LogP contribution < -0.4 is 5.32 Å². The fraction of sp³-hybridized carbons (Fsp3) is 0.818. The SMILES string of the molecule is C=CCCN1CCNC(C(C)C)C1. The number of hydrogen-bond acceptors (Lipinski definition) is 2. The fourth-order valence-corrected chi connectivity index (χ4v) is 1.77. The molecule has 1 N–H and O–H groups in total. The van der Waals surface area contributed by atoms with E-state index < -0.39 is 0 Å². The summed E-state index contributed by atoms with van der Waals surface area (Å²) in [6, 6.07) is 0.679. The molecule has 2 nitrogen and oxygen atoms in total. The molecule has 1 fully saturated rings. The summed E-state index contributed by atoms with van der Waals surface area (Å²) in [5.74, 6) is 0.742. The normalized spacial score (nSPS) is 25.0. The highest BCUT2D eigenvalue weighted by molar-refractivity contribution is 4.82. The number of hydrogen-bond donors (Lipinski definition) is 1. The lowest BCUT2D eigenvalue weighted by Crippen LogP contribution is -2.52. The highest BCUT2D eigenvalue weighted by atomic mass is 15.2. The zero-order valence-corrected chi connectivity index (χ0v) is 8.92. The number of nitrogens with one attached hydrogen (secondary N) is 1. The van der Waals surface area contributed by atoms with Crippen LogP contribution >= 0.6 is 0 Å². The second-order valence-corrected chi connectivity index (χ2v) is 4.18. The molecule has 0 aromatic rings. The maximum absolute atomic E-state index is 3.76. The molecule has 0 aromatic carbocycles. The Balaban J connectivity index is 2.28. The van der Waals surface area contributed by atoms with E-state index in [9.17, 15) is 0 Å². The molecule has 76 valence electrons. The van der Waals surface area contributed by atoms with Crippen LogP contribution in [0.5, 0.6) is 0 Å². The molecule has 0 radical (unpaired) electrons. The van der Waals surface area contributed by atoms with E-state index >= 15 is 0 Å². The summed E-state index contributed by atoms with van der Waals surface area (Å²) in [7, 11) is 0. The summed E-state index contributed by atoms with van der Waals surface area (Å²) in [6.07, 6.45) is 3.12. The van der Waals surface area contributed by atoms with Crippen LogP contribution in [0.2, 0.25) is 0 Å². The molecule has 0 amide bonds. The first-order valence-electron chi connectivity index (χ1n) is 5.30. The van der Waals surface area contributed by atoms with Gasteiger partial charge in [-0.25, -0.2) is 0 Å². The summed E-state index contributed by atoms with van der Waals surface area (Å²) in [5, 5.41) is 3.56. The molecule has 1 rings (SSSR count). The maximum atomic E-state index is 3.76. The van der Waals surface area contributed by atoms with Gasteiger partial charge in [0.05, 0.1) is 0 Å². The van der Waals surface area contributed by atoms with E-state index in [1.807, 2.05) is 6.08 Å². The van der Waals surface area contributed by atoms with Gasteiger partial charge in [-0.2, -0.15) is 0 Å². The van der Waals surface area contributed by atoms with E-state index in [4.69, 9.17) is 0 Å². The van der Waals surface area contributed by atoms with Crippen molar-refractivity contribution in [1.29, 1.82) is 0 Å². The zero-order valence-electron chi connectivity index (χ0n) is 8.92. The molecule has 1 atom stereocenters. The predicted molar refractivity (Wildman–Crippen MR) is 57.9 cm³/mol. The van der Waals surface area contributed by atoms with E-state index in [0.29, 0.717) is 6.04 Å². The summed E-state index contributed by atoms with van der Waals surface area (Å²) in [4.78, 5) is 2.53. The van der Waals surface area contributed by atoms with Crippen molar-refractivity contribution < 1.29 is 0 Å². The lowest BCUT2D eigenvalue weighted by molar-refractivity contribution is 0.178. The minimum absolute atomic E-state index is 0.679. The second kappa shape index (κ2) is 5.40. The maximum Gasteiger partial charge on any atom is 0.0218 e. The molecule has 0 bridgehead atoms. The van der Waals surface area contributed by atoms with Gasteiger partial charge in [-0.1, -0.05) is 19.9 Å². The Labute approximate surface area is 82.0 Å². The van der Waals surface area contributed by atoms with Crippen LogP contribution in [0, 0.1) is 5.92 Å². The molecule has 0 aliphatic carbocycles. The second-order valence-electron chi connectivity index (χ2n) is 4.18. The Morgan fingerprint density at radius 1 is 1.62 bits per heavy atom. The Morgan fingerprint density at radius 3 is 3.00 bits per heavy atom. The lowest BCUT2D eigenvalue weighted by Gasteiger charge is -2.35. The minimum Gasteiger partial charge on any atom is -0.311 e. The first-order chi connectivity index (χ1) is 6.24. The van der Waals surface area contributed by atoms with Gasteiger partial charge in [0.2, 0.25) is 0 Å². The first-order valence-corrected chi connectivity index (χ1v) is 5.30. The molecule has 1 saturated heterocycles. The van der Waals surface area contributed by atoms with Gasteiger partial charge in [-0.15, -0.1) is 6.58 Å². The van der Waals surface area contributed by atoms with Gasteiger partial charge in [0.15, 0.2) is 0 Å².